The van der Waals surface area contributed by atoms with Gasteiger partial charge in [-0.2, -0.15) is 14.4 Å². The van der Waals surface area contributed by atoms with Gasteiger partial charge in [-0.15, -0.1) is 0 Å². The minimum atomic E-state index is -3.46. The zero-order chi connectivity index (χ0) is 15.6. The fourth-order valence-electron chi connectivity index (χ4n) is 2.30. The second-order valence-corrected chi connectivity index (χ2v) is 6.86. The molecular formula is C13H15N5O3S. The largest absolute Gasteiger partial charge is 0.291 e. The fraction of sp³-hybridized carbons (Fsp3) is 0.308. The Morgan fingerprint density at radius 1 is 1.18 bits per heavy atom. The van der Waals surface area contributed by atoms with Gasteiger partial charge in [0.05, 0.1) is 4.90 Å². The molecule has 0 bridgehead atoms. The molecule has 9 heteroatoms. The molecule has 1 aromatic heterocycles. The van der Waals surface area contributed by atoms with Gasteiger partial charge in [-0.05, 0) is 37.1 Å². The Labute approximate surface area is 127 Å². The third kappa shape index (κ3) is 2.85. The van der Waals surface area contributed by atoms with E-state index in [4.69, 9.17) is 0 Å². The summed E-state index contributed by atoms with van der Waals surface area (Å²) in [6, 6.07) is 5.86. The quantitative estimate of drug-likeness (QED) is 0.867. The first-order chi connectivity index (χ1) is 10.6. The lowest BCUT2D eigenvalue weighted by Crippen LogP contribution is -2.27. The normalized spacial score (nSPS) is 15.8. The number of nitrogens with one attached hydrogen (secondary N) is 2. The highest BCUT2D eigenvalue weighted by Gasteiger charge is 2.27. The molecule has 1 saturated heterocycles. The Bertz CT molecular complexity index is 749. The lowest BCUT2D eigenvalue weighted by Gasteiger charge is -2.15. The Hall–Kier alpha value is -2.26. The molecule has 0 unspecified atom stereocenters. The van der Waals surface area contributed by atoms with Crippen LogP contribution in [-0.4, -0.2) is 46.9 Å². The summed E-state index contributed by atoms with van der Waals surface area (Å²) < 4.78 is 26.2. The van der Waals surface area contributed by atoms with Crippen LogP contribution in [0.2, 0.25) is 0 Å². The van der Waals surface area contributed by atoms with Gasteiger partial charge < -0.3 is 0 Å². The number of hydrogen-bond acceptors (Lipinski definition) is 5. The average molecular weight is 321 g/mol. The smallest absolute Gasteiger partial charge is 0.258 e. The van der Waals surface area contributed by atoms with E-state index in [2.05, 4.69) is 20.5 Å². The monoisotopic (exact) mass is 321 g/mol. The fourth-order valence-corrected chi connectivity index (χ4v) is 3.82. The Morgan fingerprint density at radius 3 is 2.45 bits per heavy atom. The first-order valence-electron chi connectivity index (χ1n) is 6.84. The van der Waals surface area contributed by atoms with E-state index in [9.17, 15) is 13.2 Å². The van der Waals surface area contributed by atoms with Gasteiger partial charge in [0.2, 0.25) is 16.0 Å². The Morgan fingerprint density at radius 2 is 1.86 bits per heavy atom. The van der Waals surface area contributed by atoms with Crippen LogP contribution < -0.4 is 5.32 Å². The molecule has 0 spiro atoms. The number of sulfonamides is 1. The maximum atomic E-state index is 12.4. The first-order valence-corrected chi connectivity index (χ1v) is 8.28. The van der Waals surface area contributed by atoms with Crippen molar-refractivity contribution in [3.8, 4) is 0 Å². The number of anilines is 1. The molecule has 1 aliphatic heterocycles. The SMILES string of the molecule is O=C(Nc1ncn[nH]1)c1ccc(S(=O)(=O)N2CCCC2)cc1. The third-order valence-corrected chi connectivity index (χ3v) is 5.38. The second-order valence-electron chi connectivity index (χ2n) is 4.92. The molecule has 1 aliphatic rings. The lowest BCUT2D eigenvalue weighted by molar-refractivity contribution is 0.102. The van der Waals surface area contributed by atoms with Crippen LogP contribution in [0.3, 0.4) is 0 Å². The highest BCUT2D eigenvalue weighted by molar-refractivity contribution is 7.89. The molecule has 8 nitrogen and oxygen atoms in total. The van der Waals surface area contributed by atoms with Gasteiger partial charge in [0.15, 0.2) is 0 Å². The molecule has 0 atom stereocenters. The van der Waals surface area contributed by atoms with Crippen LogP contribution in [0.5, 0.6) is 0 Å². The number of aromatic amines is 1. The van der Waals surface area contributed by atoms with Crippen molar-refractivity contribution in [1.29, 1.82) is 0 Å². The summed E-state index contributed by atoms with van der Waals surface area (Å²) in [5.41, 5.74) is 0.344. The van der Waals surface area contributed by atoms with E-state index in [-0.39, 0.29) is 16.8 Å². The summed E-state index contributed by atoms with van der Waals surface area (Å²) in [7, 11) is -3.46. The minimum Gasteiger partial charge on any atom is -0.291 e. The van der Waals surface area contributed by atoms with Gasteiger partial charge in [-0.1, -0.05) is 0 Å². The van der Waals surface area contributed by atoms with E-state index in [0.717, 1.165) is 12.8 Å². The molecule has 0 radical (unpaired) electrons. The molecule has 2 N–H and O–H groups in total. The number of aromatic nitrogens is 3. The molecule has 2 heterocycles. The second kappa shape index (κ2) is 5.85. The van der Waals surface area contributed by atoms with Gasteiger partial charge in [0.25, 0.3) is 5.91 Å². The van der Waals surface area contributed by atoms with E-state index < -0.39 is 10.0 Å². The molecular weight excluding hydrogens is 306 g/mol. The molecule has 0 aliphatic carbocycles. The van der Waals surface area contributed by atoms with Gasteiger partial charge in [0, 0.05) is 18.7 Å². The topological polar surface area (TPSA) is 108 Å². The number of benzene rings is 1. The van der Waals surface area contributed by atoms with Crippen molar-refractivity contribution in [3.63, 3.8) is 0 Å². The van der Waals surface area contributed by atoms with E-state index in [1.54, 1.807) is 0 Å². The third-order valence-electron chi connectivity index (χ3n) is 3.47. The number of carbonyl (C=O) groups excluding carboxylic acids is 1. The predicted octanol–water partition coefficient (Wildman–Crippen LogP) is 0.841. The van der Waals surface area contributed by atoms with E-state index in [1.807, 2.05) is 0 Å². The Kier molecular flexibility index (Phi) is 3.90. The summed E-state index contributed by atoms with van der Waals surface area (Å²) >= 11 is 0. The number of hydrogen-bond donors (Lipinski definition) is 2. The van der Waals surface area contributed by atoms with Crippen LogP contribution in [0.1, 0.15) is 23.2 Å². The molecule has 1 fully saturated rings. The predicted molar refractivity (Wildman–Crippen MR) is 78.8 cm³/mol. The highest BCUT2D eigenvalue weighted by atomic mass is 32.2. The van der Waals surface area contributed by atoms with Crippen molar-refractivity contribution in [2.24, 2.45) is 0 Å². The van der Waals surface area contributed by atoms with Crippen molar-refractivity contribution < 1.29 is 13.2 Å². The maximum Gasteiger partial charge on any atom is 0.258 e. The summed E-state index contributed by atoms with van der Waals surface area (Å²) in [6.07, 6.45) is 3.05. The van der Waals surface area contributed by atoms with Crippen LogP contribution in [-0.2, 0) is 10.0 Å². The van der Waals surface area contributed by atoms with Crippen molar-refractivity contribution in [1.82, 2.24) is 19.5 Å². The molecule has 1 aromatic carbocycles. The van der Waals surface area contributed by atoms with E-state index in [1.165, 1.54) is 34.9 Å². The average Bonchev–Trinajstić information content (AvgIpc) is 3.21. The van der Waals surface area contributed by atoms with Gasteiger partial charge in [-0.3, -0.25) is 10.1 Å². The summed E-state index contributed by atoms with van der Waals surface area (Å²) in [6.45, 7) is 1.10. The van der Waals surface area contributed by atoms with Crippen molar-refractivity contribution in [2.45, 2.75) is 17.7 Å². The molecule has 22 heavy (non-hydrogen) atoms. The van der Waals surface area contributed by atoms with Gasteiger partial charge in [-0.25, -0.2) is 13.5 Å². The molecule has 2 aromatic rings. The van der Waals surface area contributed by atoms with Gasteiger partial charge in [0.1, 0.15) is 6.33 Å². The van der Waals surface area contributed by atoms with Crippen molar-refractivity contribution >= 4 is 21.9 Å². The Balaban J connectivity index is 1.76. The minimum absolute atomic E-state index is 0.200. The maximum absolute atomic E-state index is 12.4. The van der Waals surface area contributed by atoms with Crippen LogP contribution >= 0.6 is 0 Å². The number of rotatable bonds is 4. The highest BCUT2D eigenvalue weighted by Crippen LogP contribution is 2.21. The van der Waals surface area contributed by atoms with Crippen molar-refractivity contribution in [2.75, 3.05) is 18.4 Å². The molecule has 1 amide bonds. The summed E-state index contributed by atoms with van der Waals surface area (Å²) in [5, 5.41) is 8.66. The number of nitrogens with zero attached hydrogens (tertiary/aromatic N) is 3. The molecule has 116 valence electrons. The van der Waals surface area contributed by atoms with Gasteiger partial charge >= 0.3 is 0 Å². The zero-order valence-corrected chi connectivity index (χ0v) is 12.5. The van der Waals surface area contributed by atoms with E-state index >= 15 is 0 Å². The zero-order valence-electron chi connectivity index (χ0n) is 11.7. The molecule has 0 saturated carbocycles. The standard InChI is InChI=1S/C13H15N5O3S/c19-12(16-13-14-9-15-17-13)10-3-5-11(6-4-10)22(20,21)18-7-1-2-8-18/h3-6,9H,1-2,7-8H2,(H2,14,15,16,17,19). The first kappa shape index (κ1) is 14.7. The summed E-state index contributed by atoms with van der Waals surface area (Å²) in [5.74, 6) is -0.152. The molecule has 3 rings (SSSR count). The van der Waals surface area contributed by atoms with Crippen molar-refractivity contribution in [3.05, 3.63) is 36.2 Å². The van der Waals surface area contributed by atoms with Crippen LogP contribution in [0.4, 0.5) is 5.95 Å². The van der Waals surface area contributed by atoms with Crippen LogP contribution in [0, 0.1) is 0 Å². The lowest BCUT2D eigenvalue weighted by atomic mass is 10.2. The van der Waals surface area contributed by atoms with E-state index in [0.29, 0.717) is 18.7 Å². The van der Waals surface area contributed by atoms with Crippen LogP contribution in [0.15, 0.2) is 35.5 Å². The van der Waals surface area contributed by atoms with Crippen LogP contribution in [0.25, 0.3) is 0 Å². The number of amides is 1. The number of H-pyrrole nitrogens is 1. The number of carbonyl (C=O) groups is 1. The summed E-state index contributed by atoms with van der Waals surface area (Å²) in [4.78, 5) is 16.0.